The molecule has 5 nitrogen and oxygen atoms in total. The Morgan fingerprint density at radius 2 is 1.25 bits per heavy atom. The lowest BCUT2D eigenvalue weighted by Crippen LogP contribution is -2.43. The van der Waals surface area contributed by atoms with E-state index in [2.05, 4.69) is 13.8 Å². The van der Waals surface area contributed by atoms with Gasteiger partial charge >= 0.3 is 11.9 Å². The third-order valence-corrected chi connectivity index (χ3v) is 6.08. The summed E-state index contributed by atoms with van der Waals surface area (Å²) in [6.45, 7) is 5.20. The zero-order valence-electron chi connectivity index (χ0n) is 22.0. The molecule has 0 fully saturated rings. The molecule has 0 aliphatic heterocycles. The molecule has 0 aliphatic carbocycles. The molecule has 0 spiro atoms. The average molecular weight is 457 g/mol. The van der Waals surface area contributed by atoms with Crippen LogP contribution < -0.4 is 0 Å². The van der Waals surface area contributed by atoms with Crippen LogP contribution in [0, 0.1) is 5.92 Å². The highest BCUT2D eigenvalue weighted by molar-refractivity contribution is 5.71. The third-order valence-electron chi connectivity index (χ3n) is 6.08. The molecule has 1 N–H and O–H groups in total. The van der Waals surface area contributed by atoms with Crippen molar-refractivity contribution in [3.8, 4) is 0 Å². The maximum atomic E-state index is 12.1. The minimum atomic E-state index is -0.923. The van der Waals surface area contributed by atoms with Crippen molar-refractivity contribution in [1.82, 2.24) is 0 Å². The minimum Gasteiger partial charge on any atom is -0.481 e. The standard InChI is InChI=1S/C27H53NO4/c1-6-7-8-16-19-24(2)20-17-14-12-10-9-11-13-15-18-21-27(31)32-25(22-26(29)30)23-28(3,4)5/h24-25H,6-23H2,1-5H3/p+1. The van der Waals surface area contributed by atoms with Crippen LogP contribution >= 0.6 is 0 Å². The highest BCUT2D eigenvalue weighted by Crippen LogP contribution is 2.18. The molecule has 0 heterocycles. The number of likely N-dealkylation sites (N-methyl/N-ethyl adjacent to an activating group) is 1. The first-order valence-electron chi connectivity index (χ1n) is 13.4. The molecular formula is C27H54NO4+. The molecule has 0 aromatic carbocycles. The smallest absolute Gasteiger partial charge is 0.307 e. The van der Waals surface area contributed by atoms with Gasteiger partial charge in [-0.15, -0.1) is 0 Å². The fraction of sp³-hybridized carbons (Fsp3) is 0.926. The number of carboxylic acid groups (broad SMARTS) is 1. The summed E-state index contributed by atoms with van der Waals surface area (Å²) in [5, 5.41) is 9.03. The van der Waals surface area contributed by atoms with E-state index in [0.29, 0.717) is 17.4 Å². The fourth-order valence-corrected chi connectivity index (χ4v) is 4.26. The van der Waals surface area contributed by atoms with Crippen molar-refractivity contribution in [2.24, 2.45) is 5.92 Å². The van der Waals surface area contributed by atoms with Crippen molar-refractivity contribution in [3.05, 3.63) is 0 Å². The number of aliphatic carboxylic acids is 1. The molecule has 190 valence electrons. The molecule has 0 bridgehead atoms. The van der Waals surface area contributed by atoms with Gasteiger partial charge in [0.1, 0.15) is 6.54 Å². The SMILES string of the molecule is CCCCCCC(C)CCCCCCCCCCCC(=O)OC(CC(=O)O)C[N+](C)(C)C. The average Bonchev–Trinajstić information content (AvgIpc) is 2.67. The number of esters is 1. The number of carboxylic acids is 1. The van der Waals surface area contributed by atoms with Gasteiger partial charge in [0.15, 0.2) is 6.10 Å². The second-order valence-corrected chi connectivity index (χ2v) is 10.9. The first kappa shape index (κ1) is 30.9. The quantitative estimate of drug-likeness (QED) is 0.108. The molecule has 0 amide bonds. The van der Waals surface area contributed by atoms with E-state index in [1.54, 1.807) is 0 Å². The number of ether oxygens (including phenoxy) is 1. The first-order chi connectivity index (χ1) is 15.1. The van der Waals surface area contributed by atoms with Gasteiger partial charge in [0.25, 0.3) is 0 Å². The van der Waals surface area contributed by atoms with E-state index in [0.717, 1.165) is 18.8 Å². The molecule has 0 radical (unpaired) electrons. The predicted molar refractivity (Wildman–Crippen MR) is 134 cm³/mol. The van der Waals surface area contributed by atoms with Crippen molar-refractivity contribution in [2.75, 3.05) is 27.7 Å². The Balaban J connectivity index is 3.60. The second-order valence-electron chi connectivity index (χ2n) is 10.9. The minimum absolute atomic E-state index is 0.126. The molecule has 2 unspecified atom stereocenters. The van der Waals surface area contributed by atoms with Crippen LogP contribution in [0.2, 0.25) is 0 Å². The Morgan fingerprint density at radius 3 is 1.72 bits per heavy atom. The summed E-state index contributed by atoms with van der Waals surface area (Å²) in [4.78, 5) is 23.1. The van der Waals surface area contributed by atoms with E-state index in [9.17, 15) is 9.59 Å². The van der Waals surface area contributed by atoms with Crippen molar-refractivity contribution < 1.29 is 23.9 Å². The van der Waals surface area contributed by atoms with Gasteiger partial charge in [-0.3, -0.25) is 9.59 Å². The number of unbranched alkanes of at least 4 members (excludes halogenated alkanes) is 11. The Morgan fingerprint density at radius 1 is 0.781 bits per heavy atom. The Kier molecular flexibility index (Phi) is 18.7. The molecule has 0 rings (SSSR count). The normalized spacial score (nSPS) is 13.7. The lowest BCUT2D eigenvalue weighted by molar-refractivity contribution is -0.873. The maximum Gasteiger partial charge on any atom is 0.307 e. The second kappa shape index (κ2) is 19.4. The van der Waals surface area contributed by atoms with Crippen LogP contribution in [0.3, 0.4) is 0 Å². The fourth-order valence-electron chi connectivity index (χ4n) is 4.26. The first-order valence-corrected chi connectivity index (χ1v) is 13.4. The number of hydrogen-bond donors (Lipinski definition) is 1. The summed E-state index contributed by atoms with van der Waals surface area (Å²) < 4.78 is 6.01. The van der Waals surface area contributed by atoms with E-state index < -0.39 is 12.1 Å². The van der Waals surface area contributed by atoms with Crippen LogP contribution in [0.15, 0.2) is 0 Å². The van der Waals surface area contributed by atoms with Gasteiger partial charge < -0.3 is 14.3 Å². The predicted octanol–water partition coefficient (Wildman–Crippen LogP) is 6.98. The largest absolute Gasteiger partial charge is 0.481 e. The van der Waals surface area contributed by atoms with Crippen LogP contribution in [0.25, 0.3) is 0 Å². The van der Waals surface area contributed by atoms with Crippen molar-refractivity contribution in [3.63, 3.8) is 0 Å². The van der Waals surface area contributed by atoms with Gasteiger partial charge in [0.05, 0.1) is 27.6 Å². The van der Waals surface area contributed by atoms with Crippen LogP contribution in [-0.4, -0.2) is 55.3 Å². The molecule has 2 atom stereocenters. The summed E-state index contributed by atoms with van der Waals surface area (Å²) in [6.07, 6.45) is 19.1. The van der Waals surface area contributed by atoms with Gasteiger partial charge in [-0.2, -0.15) is 0 Å². The molecule has 0 aromatic heterocycles. The van der Waals surface area contributed by atoms with E-state index in [1.807, 2.05) is 21.1 Å². The number of hydrogen-bond acceptors (Lipinski definition) is 3. The maximum absolute atomic E-state index is 12.1. The summed E-state index contributed by atoms with van der Waals surface area (Å²) >= 11 is 0. The number of carbonyl (C=O) groups is 2. The Hall–Kier alpha value is -1.10. The summed E-state index contributed by atoms with van der Waals surface area (Å²) in [5.41, 5.74) is 0. The Labute approximate surface area is 198 Å². The number of quaternary nitrogens is 1. The van der Waals surface area contributed by atoms with E-state index in [1.165, 1.54) is 83.5 Å². The van der Waals surface area contributed by atoms with Gasteiger partial charge in [-0.05, 0) is 12.3 Å². The summed E-state index contributed by atoms with van der Waals surface area (Å²) in [6, 6.07) is 0. The van der Waals surface area contributed by atoms with Crippen molar-refractivity contribution in [2.45, 2.75) is 129 Å². The highest BCUT2D eigenvalue weighted by atomic mass is 16.5. The van der Waals surface area contributed by atoms with Crippen LogP contribution in [0.4, 0.5) is 0 Å². The lowest BCUT2D eigenvalue weighted by Gasteiger charge is -2.28. The van der Waals surface area contributed by atoms with Gasteiger partial charge in [-0.25, -0.2) is 0 Å². The van der Waals surface area contributed by atoms with Crippen LogP contribution in [0.5, 0.6) is 0 Å². The number of nitrogens with zero attached hydrogens (tertiary/aromatic N) is 1. The monoisotopic (exact) mass is 456 g/mol. The molecular weight excluding hydrogens is 402 g/mol. The van der Waals surface area contributed by atoms with Crippen LogP contribution in [-0.2, 0) is 14.3 Å². The zero-order valence-corrected chi connectivity index (χ0v) is 22.0. The topological polar surface area (TPSA) is 63.6 Å². The van der Waals surface area contributed by atoms with E-state index in [-0.39, 0.29) is 12.4 Å². The molecule has 0 aromatic rings. The number of rotatable bonds is 22. The van der Waals surface area contributed by atoms with E-state index in [4.69, 9.17) is 9.84 Å². The van der Waals surface area contributed by atoms with E-state index >= 15 is 0 Å². The zero-order chi connectivity index (χ0) is 24.2. The third kappa shape index (κ3) is 22.1. The molecule has 32 heavy (non-hydrogen) atoms. The van der Waals surface area contributed by atoms with Crippen molar-refractivity contribution >= 4 is 11.9 Å². The Bertz CT molecular complexity index is 473. The summed E-state index contributed by atoms with van der Waals surface area (Å²) in [5.74, 6) is -0.289. The summed E-state index contributed by atoms with van der Waals surface area (Å²) in [7, 11) is 5.91. The molecule has 0 aliphatic rings. The number of carbonyl (C=O) groups excluding carboxylic acids is 1. The molecule has 5 heteroatoms. The molecule has 0 saturated carbocycles. The lowest BCUT2D eigenvalue weighted by atomic mass is 9.96. The molecule has 0 saturated heterocycles. The van der Waals surface area contributed by atoms with Gasteiger partial charge in [-0.1, -0.05) is 104 Å². The van der Waals surface area contributed by atoms with Gasteiger partial charge in [0.2, 0.25) is 0 Å². The van der Waals surface area contributed by atoms with Crippen molar-refractivity contribution in [1.29, 1.82) is 0 Å². The van der Waals surface area contributed by atoms with Crippen LogP contribution in [0.1, 0.15) is 123 Å². The highest BCUT2D eigenvalue weighted by Gasteiger charge is 2.24. The van der Waals surface area contributed by atoms with Gasteiger partial charge in [0, 0.05) is 6.42 Å².